The van der Waals surface area contributed by atoms with E-state index in [1.165, 1.54) is 6.07 Å². The molecule has 0 aliphatic carbocycles. The van der Waals surface area contributed by atoms with Crippen molar-refractivity contribution in [3.8, 4) is 0 Å². The number of benzene rings is 1. The maximum Gasteiger partial charge on any atom is 0.251 e. The smallest absolute Gasteiger partial charge is 0.251 e. The number of aromatic amines is 1. The Morgan fingerprint density at radius 1 is 1.19 bits per heavy atom. The van der Waals surface area contributed by atoms with Crippen molar-refractivity contribution in [3.63, 3.8) is 0 Å². The number of rotatable bonds is 4. The molecule has 0 saturated carbocycles. The van der Waals surface area contributed by atoms with Crippen LogP contribution in [0.15, 0.2) is 41.2 Å². The van der Waals surface area contributed by atoms with Gasteiger partial charge >= 0.3 is 0 Å². The number of likely N-dealkylation sites (tertiary alicyclic amines) is 1. The molecule has 1 N–H and O–H groups in total. The molecule has 2 saturated heterocycles. The lowest BCUT2D eigenvalue weighted by Gasteiger charge is -2.30. The highest BCUT2D eigenvalue weighted by atomic mass is 16.5. The molecule has 2 aromatic rings. The van der Waals surface area contributed by atoms with Crippen LogP contribution in [0.4, 0.5) is 0 Å². The van der Waals surface area contributed by atoms with Gasteiger partial charge in [-0.1, -0.05) is 30.3 Å². The molecule has 2 atom stereocenters. The van der Waals surface area contributed by atoms with E-state index >= 15 is 0 Å². The molecule has 1 amide bonds. The van der Waals surface area contributed by atoms with E-state index in [9.17, 15) is 9.59 Å². The lowest BCUT2D eigenvalue weighted by Crippen LogP contribution is -2.45. The molecule has 7 heteroatoms. The third-order valence-corrected chi connectivity index (χ3v) is 5.18. The Kier molecular flexibility index (Phi) is 5.05. The first-order chi connectivity index (χ1) is 13.1. The van der Waals surface area contributed by atoms with Crippen molar-refractivity contribution in [2.45, 2.75) is 38.6 Å². The topological polar surface area (TPSA) is 78.5 Å². The van der Waals surface area contributed by atoms with Gasteiger partial charge in [-0.05, 0) is 12.5 Å². The van der Waals surface area contributed by atoms with E-state index in [0.717, 1.165) is 24.3 Å². The molecule has 142 valence electrons. The largest absolute Gasteiger partial charge is 0.374 e. The second-order valence-corrected chi connectivity index (χ2v) is 7.25. The summed E-state index contributed by atoms with van der Waals surface area (Å²) in [7, 11) is 0. The van der Waals surface area contributed by atoms with Gasteiger partial charge in [0, 0.05) is 32.2 Å². The standard InChI is InChI=1S/C20H24N4O3/c1-14-21-16(9-19(25)22-14)11-23-12-17-18(13-23)27-8-7-20(26)24(17)10-15-5-3-2-4-6-15/h2-6,9,17-18H,7-8,10-13H2,1H3,(H,21,22,25)/t17-,18-/m0/s1. The maximum atomic E-state index is 12.7. The van der Waals surface area contributed by atoms with Crippen LogP contribution in [0.2, 0.25) is 0 Å². The first-order valence-electron chi connectivity index (χ1n) is 9.33. The zero-order valence-electron chi connectivity index (χ0n) is 15.4. The lowest BCUT2D eigenvalue weighted by atomic mass is 10.1. The fourth-order valence-electron chi connectivity index (χ4n) is 3.99. The second-order valence-electron chi connectivity index (χ2n) is 7.25. The summed E-state index contributed by atoms with van der Waals surface area (Å²) in [6.07, 6.45) is 0.414. The summed E-state index contributed by atoms with van der Waals surface area (Å²) in [4.78, 5) is 35.6. The van der Waals surface area contributed by atoms with E-state index < -0.39 is 0 Å². The van der Waals surface area contributed by atoms with Gasteiger partial charge in [-0.15, -0.1) is 0 Å². The Labute approximate surface area is 158 Å². The molecule has 3 heterocycles. The van der Waals surface area contributed by atoms with Gasteiger partial charge in [0.15, 0.2) is 0 Å². The lowest BCUT2D eigenvalue weighted by molar-refractivity contribution is -0.133. The summed E-state index contributed by atoms with van der Waals surface area (Å²) >= 11 is 0. The Morgan fingerprint density at radius 2 is 2.00 bits per heavy atom. The third-order valence-electron chi connectivity index (χ3n) is 5.18. The number of hydrogen-bond acceptors (Lipinski definition) is 5. The van der Waals surface area contributed by atoms with Gasteiger partial charge in [-0.3, -0.25) is 14.5 Å². The van der Waals surface area contributed by atoms with Gasteiger partial charge < -0.3 is 14.6 Å². The first kappa shape index (κ1) is 17.9. The van der Waals surface area contributed by atoms with Crippen molar-refractivity contribution in [1.29, 1.82) is 0 Å². The van der Waals surface area contributed by atoms with Crippen LogP contribution in [0, 0.1) is 6.92 Å². The van der Waals surface area contributed by atoms with Crippen molar-refractivity contribution in [2.75, 3.05) is 19.7 Å². The number of H-pyrrole nitrogens is 1. The highest BCUT2D eigenvalue weighted by Crippen LogP contribution is 2.25. The van der Waals surface area contributed by atoms with Crippen molar-refractivity contribution in [2.24, 2.45) is 0 Å². The van der Waals surface area contributed by atoms with E-state index in [0.29, 0.717) is 31.9 Å². The fourth-order valence-corrected chi connectivity index (χ4v) is 3.99. The minimum Gasteiger partial charge on any atom is -0.374 e. The molecule has 4 rings (SSSR count). The van der Waals surface area contributed by atoms with Crippen molar-refractivity contribution in [1.82, 2.24) is 19.8 Å². The average Bonchev–Trinajstić information content (AvgIpc) is 2.95. The number of carbonyl (C=O) groups is 1. The molecular weight excluding hydrogens is 344 g/mol. The summed E-state index contributed by atoms with van der Waals surface area (Å²) < 4.78 is 5.99. The number of carbonyl (C=O) groups excluding carboxylic acids is 1. The van der Waals surface area contributed by atoms with Gasteiger partial charge in [-0.25, -0.2) is 4.98 Å². The zero-order chi connectivity index (χ0) is 18.8. The average molecular weight is 368 g/mol. The molecule has 2 aliphatic rings. The van der Waals surface area contributed by atoms with Crippen LogP contribution in [0.3, 0.4) is 0 Å². The highest BCUT2D eigenvalue weighted by molar-refractivity contribution is 5.77. The van der Waals surface area contributed by atoms with Crippen LogP contribution in [0.5, 0.6) is 0 Å². The molecular formula is C20H24N4O3. The summed E-state index contributed by atoms with van der Waals surface area (Å²) in [6.45, 7) is 4.87. The number of hydrogen-bond donors (Lipinski definition) is 1. The van der Waals surface area contributed by atoms with Crippen LogP contribution in [0.1, 0.15) is 23.5 Å². The Morgan fingerprint density at radius 3 is 2.78 bits per heavy atom. The van der Waals surface area contributed by atoms with E-state index in [2.05, 4.69) is 14.9 Å². The molecule has 1 aromatic carbocycles. The van der Waals surface area contributed by atoms with E-state index in [1.54, 1.807) is 6.92 Å². The van der Waals surface area contributed by atoms with Gasteiger partial charge in [0.1, 0.15) is 5.82 Å². The van der Waals surface area contributed by atoms with Crippen LogP contribution >= 0.6 is 0 Å². The Hall–Kier alpha value is -2.51. The molecule has 0 bridgehead atoms. The molecule has 0 unspecified atom stereocenters. The number of aromatic nitrogens is 2. The zero-order valence-corrected chi connectivity index (χ0v) is 15.4. The van der Waals surface area contributed by atoms with Gasteiger partial charge in [0.2, 0.25) is 5.91 Å². The number of ether oxygens (including phenoxy) is 1. The molecule has 7 nitrogen and oxygen atoms in total. The summed E-state index contributed by atoms with van der Waals surface area (Å²) in [6, 6.07) is 11.6. The second kappa shape index (κ2) is 7.62. The first-order valence-corrected chi connectivity index (χ1v) is 9.33. The maximum absolute atomic E-state index is 12.7. The predicted molar refractivity (Wildman–Crippen MR) is 100 cm³/mol. The molecule has 0 radical (unpaired) electrons. The summed E-state index contributed by atoms with van der Waals surface area (Å²) in [5.74, 6) is 0.751. The fraction of sp³-hybridized carbons (Fsp3) is 0.450. The number of nitrogens with one attached hydrogen (secondary N) is 1. The van der Waals surface area contributed by atoms with Gasteiger partial charge in [0.05, 0.1) is 30.9 Å². The van der Waals surface area contributed by atoms with Gasteiger partial charge in [0.25, 0.3) is 5.56 Å². The molecule has 27 heavy (non-hydrogen) atoms. The Bertz CT molecular complexity index is 867. The van der Waals surface area contributed by atoms with Crippen molar-refractivity contribution < 1.29 is 9.53 Å². The SMILES string of the molecule is Cc1nc(CN2C[C@@H]3OCCC(=O)N(Cc4ccccc4)[C@H]3C2)cc(=O)[nH]1. The molecule has 2 aliphatic heterocycles. The predicted octanol–water partition coefficient (Wildman–Crippen LogP) is 1.08. The summed E-state index contributed by atoms with van der Waals surface area (Å²) in [5.41, 5.74) is 1.73. The normalized spacial score (nSPS) is 23.3. The van der Waals surface area contributed by atoms with Crippen LogP contribution in [-0.2, 0) is 22.6 Å². The minimum absolute atomic E-state index is 0.0109. The van der Waals surface area contributed by atoms with Crippen LogP contribution < -0.4 is 5.56 Å². The van der Waals surface area contributed by atoms with Crippen molar-refractivity contribution >= 4 is 5.91 Å². The highest BCUT2D eigenvalue weighted by Gasteiger charge is 2.41. The minimum atomic E-state index is -0.136. The number of aryl methyl sites for hydroxylation is 1. The van der Waals surface area contributed by atoms with E-state index in [-0.39, 0.29) is 23.6 Å². The number of nitrogens with zero attached hydrogens (tertiary/aromatic N) is 3. The monoisotopic (exact) mass is 368 g/mol. The number of amides is 1. The van der Waals surface area contributed by atoms with Crippen molar-refractivity contribution in [3.05, 3.63) is 63.8 Å². The van der Waals surface area contributed by atoms with Crippen LogP contribution in [0.25, 0.3) is 0 Å². The summed E-state index contributed by atoms with van der Waals surface area (Å²) in [5, 5.41) is 0. The number of fused-ring (bicyclic) bond motifs is 1. The third kappa shape index (κ3) is 4.09. The molecule has 2 fully saturated rings. The molecule has 1 aromatic heterocycles. The quantitative estimate of drug-likeness (QED) is 0.874. The van der Waals surface area contributed by atoms with E-state index in [1.807, 2.05) is 35.2 Å². The Balaban J connectivity index is 1.51. The van der Waals surface area contributed by atoms with Crippen LogP contribution in [-0.4, -0.2) is 57.5 Å². The van der Waals surface area contributed by atoms with Gasteiger partial charge in [-0.2, -0.15) is 0 Å². The van der Waals surface area contributed by atoms with E-state index in [4.69, 9.17) is 4.74 Å². The molecule has 0 spiro atoms.